The summed E-state index contributed by atoms with van der Waals surface area (Å²) in [7, 11) is 0. The van der Waals surface area contributed by atoms with Gasteiger partial charge in [0.25, 0.3) is 5.91 Å². The van der Waals surface area contributed by atoms with Gasteiger partial charge in [-0.05, 0) is 112 Å². The molecule has 5 nitrogen and oxygen atoms in total. The fourth-order valence-electron chi connectivity index (χ4n) is 7.46. The second-order valence-electron chi connectivity index (χ2n) is 11.7. The molecular formula is C31H37ClN4O. The van der Waals surface area contributed by atoms with Gasteiger partial charge in [0.15, 0.2) is 5.69 Å². The summed E-state index contributed by atoms with van der Waals surface area (Å²) < 4.78 is 1.90. The van der Waals surface area contributed by atoms with Crippen molar-refractivity contribution in [1.82, 2.24) is 20.4 Å². The quantitative estimate of drug-likeness (QED) is 0.364. The zero-order valence-corrected chi connectivity index (χ0v) is 22.8. The number of nitrogens with zero attached hydrogens (tertiary/aromatic N) is 2. The van der Waals surface area contributed by atoms with Crippen molar-refractivity contribution in [3.8, 4) is 16.9 Å². The van der Waals surface area contributed by atoms with Crippen molar-refractivity contribution in [2.45, 2.75) is 58.9 Å². The van der Waals surface area contributed by atoms with Crippen LogP contribution in [-0.2, 0) is 0 Å². The highest BCUT2D eigenvalue weighted by Crippen LogP contribution is 2.53. The van der Waals surface area contributed by atoms with E-state index in [1.165, 1.54) is 43.2 Å². The molecule has 2 aromatic carbocycles. The van der Waals surface area contributed by atoms with Crippen LogP contribution in [0.4, 0.5) is 0 Å². The van der Waals surface area contributed by atoms with Gasteiger partial charge in [-0.1, -0.05) is 29.8 Å². The number of carbonyl (C=O) groups is 1. The van der Waals surface area contributed by atoms with Crippen molar-refractivity contribution >= 4 is 17.5 Å². The third-order valence-corrected chi connectivity index (χ3v) is 9.46. The van der Waals surface area contributed by atoms with Crippen molar-refractivity contribution < 1.29 is 4.79 Å². The third kappa shape index (κ3) is 4.72. The summed E-state index contributed by atoms with van der Waals surface area (Å²) >= 11 is 6.16. The highest BCUT2D eigenvalue weighted by Gasteiger charge is 2.47. The first-order valence-corrected chi connectivity index (χ1v) is 14.2. The molecule has 0 saturated heterocycles. The van der Waals surface area contributed by atoms with Gasteiger partial charge in [0, 0.05) is 35.3 Å². The number of carbonyl (C=O) groups excluding carboxylic acids is 1. The molecule has 0 spiro atoms. The molecule has 0 aliphatic heterocycles. The summed E-state index contributed by atoms with van der Waals surface area (Å²) in [6.07, 6.45) is 7.08. The first-order chi connectivity index (χ1) is 17.9. The Morgan fingerprint density at radius 3 is 2.24 bits per heavy atom. The van der Waals surface area contributed by atoms with Gasteiger partial charge in [-0.2, -0.15) is 5.10 Å². The van der Waals surface area contributed by atoms with Gasteiger partial charge in [0.1, 0.15) is 0 Å². The zero-order chi connectivity index (χ0) is 25.7. The summed E-state index contributed by atoms with van der Waals surface area (Å²) in [6.45, 7) is 7.59. The van der Waals surface area contributed by atoms with Crippen molar-refractivity contribution in [2.75, 3.05) is 13.1 Å². The second-order valence-corrected chi connectivity index (χ2v) is 12.1. The average Bonchev–Trinajstić information content (AvgIpc) is 3.22. The Balaban J connectivity index is 1.19. The van der Waals surface area contributed by atoms with E-state index in [0.29, 0.717) is 23.3 Å². The van der Waals surface area contributed by atoms with Gasteiger partial charge in [0.2, 0.25) is 0 Å². The second kappa shape index (κ2) is 9.92. The minimum atomic E-state index is -0.123. The Morgan fingerprint density at radius 1 is 0.919 bits per heavy atom. The number of halogens is 1. The Morgan fingerprint density at radius 2 is 1.59 bits per heavy atom. The molecule has 4 aliphatic rings. The van der Waals surface area contributed by atoms with Crippen molar-refractivity contribution in [3.63, 3.8) is 0 Å². The van der Waals surface area contributed by atoms with Crippen LogP contribution in [0, 0.1) is 44.4 Å². The van der Waals surface area contributed by atoms with Gasteiger partial charge in [0.05, 0.1) is 11.4 Å². The largest absolute Gasteiger partial charge is 0.349 e. The van der Waals surface area contributed by atoms with Crippen LogP contribution in [0.1, 0.15) is 59.3 Å². The van der Waals surface area contributed by atoms with E-state index in [9.17, 15) is 4.79 Å². The maximum absolute atomic E-state index is 13.3. The molecule has 37 heavy (non-hydrogen) atoms. The van der Waals surface area contributed by atoms with E-state index >= 15 is 0 Å². The van der Waals surface area contributed by atoms with Crippen LogP contribution in [0.2, 0.25) is 5.02 Å². The van der Waals surface area contributed by atoms with Crippen LogP contribution >= 0.6 is 11.6 Å². The molecule has 4 aliphatic carbocycles. The number of aromatic nitrogens is 2. The molecule has 0 radical (unpaired) electrons. The molecule has 3 aromatic rings. The van der Waals surface area contributed by atoms with E-state index < -0.39 is 0 Å². The van der Waals surface area contributed by atoms with E-state index in [4.69, 9.17) is 16.7 Å². The lowest BCUT2D eigenvalue weighted by atomic mass is 9.54. The molecule has 4 fully saturated rings. The van der Waals surface area contributed by atoms with Crippen LogP contribution in [0.15, 0.2) is 42.5 Å². The fourth-order valence-corrected chi connectivity index (χ4v) is 7.59. The molecule has 1 aromatic heterocycles. The fraction of sp³-hybridized carbons (Fsp3) is 0.484. The van der Waals surface area contributed by atoms with Gasteiger partial charge in [-0.15, -0.1) is 0 Å². The molecule has 6 heteroatoms. The molecule has 2 N–H and O–H groups in total. The van der Waals surface area contributed by atoms with Crippen LogP contribution < -0.4 is 10.6 Å². The van der Waals surface area contributed by atoms with Crippen LogP contribution in [0.3, 0.4) is 0 Å². The zero-order valence-electron chi connectivity index (χ0n) is 22.1. The molecule has 4 saturated carbocycles. The lowest BCUT2D eigenvalue weighted by molar-refractivity contribution is -0.0133. The number of aryl methyl sites for hydroxylation is 2. The molecule has 7 rings (SSSR count). The number of hydrogen-bond donors (Lipinski definition) is 2. The lowest BCUT2D eigenvalue weighted by Gasteiger charge is -2.54. The first kappa shape index (κ1) is 24.7. The number of hydrogen-bond acceptors (Lipinski definition) is 3. The summed E-state index contributed by atoms with van der Waals surface area (Å²) in [6, 6.07) is 14.6. The maximum atomic E-state index is 13.3. The highest BCUT2D eigenvalue weighted by molar-refractivity contribution is 6.30. The Labute approximate surface area is 225 Å². The summed E-state index contributed by atoms with van der Waals surface area (Å²) in [5.41, 5.74) is 6.59. The van der Waals surface area contributed by atoms with Crippen molar-refractivity contribution in [2.24, 2.45) is 23.7 Å². The van der Waals surface area contributed by atoms with Gasteiger partial charge < -0.3 is 10.6 Å². The molecular weight excluding hydrogens is 480 g/mol. The van der Waals surface area contributed by atoms with Gasteiger partial charge in [-0.25, -0.2) is 4.68 Å². The van der Waals surface area contributed by atoms with Crippen LogP contribution in [0.25, 0.3) is 16.9 Å². The van der Waals surface area contributed by atoms with E-state index in [1.54, 1.807) is 0 Å². The monoisotopic (exact) mass is 516 g/mol. The predicted molar refractivity (Wildman–Crippen MR) is 149 cm³/mol. The lowest BCUT2D eigenvalue weighted by Crippen LogP contribution is -2.55. The third-order valence-electron chi connectivity index (χ3n) is 9.21. The molecule has 0 atom stereocenters. The average molecular weight is 517 g/mol. The SMILES string of the molecule is Cc1ccc(-n2nc(C(=O)NCCNC3C4CC5CC(C4)CC3C5)c(C)c2-c2ccc(Cl)cc2)cc1C. The summed E-state index contributed by atoms with van der Waals surface area (Å²) in [5, 5.41) is 12.5. The first-order valence-electron chi connectivity index (χ1n) is 13.8. The predicted octanol–water partition coefficient (Wildman–Crippen LogP) is 6.26. The standard InChI is InChI=1S/C31H37ClN4O/c1-18-4-9-27(12-19(18)2)36-30(23-5-7-26(32)8-6-23)20(3)28(35-36)31(37)34-11-10-33-29-24-14-21-13-22(16-24)17-25(29)15-21/h4-9,12,21-22,24-25,29,33H,10-11,13-17H2,1-3H3,(H,34,37). The summed E-state index contributed by atoms with van der Waals surface area (Å²) in [4.78, 5) is 13.3. The van der Waals surface area contributed by atoms with E-state index in [2.05, 4.69) is 42.7 Å². The molecule has 194 valence electrons. The number of benzene rings is 2. The van der Waals surface area contributed by atoms with E-state index in [1.807, 2.05) is 35.9 Å². The maximum Gasteiger partial charge on any atom is 0.272 e. The van der Waals surface area contributed by atoms with Gasteiger partial charge >= 0.3 is 0 Å². The molecule has 4 bridgehead atoms. The number of amides is 1. The molecule has 1 heterocycles. The smallest absolute Gasteiger partial charge is 0.272 e. The Kier molecular flexibility index (Phi) is 6.62. The van der Waals surface area contributed by atoms with Crippen LogP contribution in [0.5, 0.6) is 0 Å². The summed E-state index contributed by atoms with van der Waals surface area (Å²) in [5.74, 6) is 3.51. The molecule has 0 unspecified atom stereocenters. The molecule has 1 amide bonds. The Hall–Kier alpha value is -2.63. The topological polar surface area (TPSA) is 59.0 Å². The van der Waals surface area contributed by atoms with Crippen molar-refractivity contribution in [3.05, 3.63) is 69.9 Å². The number of rotatable bonds is 7. The highest BCUT2D eigenvalue weighted by atomic mass is 35.5. The van der Waals surface area contributed by atoms with E-state index in [-0.39, 0.29) is 5.91 Å². The van der Waals surface area contributed by atoms with Gasteiger partial charge in [-0.3, -0.25) is 4.79 Å². The van der Waals surface area contributed by atoms with Crippen LogP contribution in [-0.4, -0.2) is 34.8 Å². The normalized spacial score (nSPS) is 26.0. The minimum absolute atomic E-state index is 0.123. The number of nitrogens with one attached hydrogen (secondary N) is 2. The van der Waals surface area contributed by atoms with E-state index in [0.717, 1.165) is 52.7 Å². The minimum Gasteiger partial charge on any atom is -0.349 e. The van der Waals surface area contributed by atoms with Crippen molar-refractivity contribution in [1.29, 1.82) is 0 Å². The Bertz CT molecular complexity index is 1280.